The number of para-hydroxylation sites is 1. The van der Waals surface area contributed by atoms with Crippen molar-refractivity contribution in [2.75, 3.05) is 24.6 Å². The third-order valence-electron chi connectivity index (χ3n) is 2.55. The second-order valence-electron chi connectivity index (χ2n) is 3.90. The van der Waals surface area contributed by atoms with Gasteiger partial charge in [0.25, 0.3) is 6.43 Å². The lowest BCUT2D eigenvalue weighted by Gasteiger charge is -2.27. The van der Waals surface area contributed by atoms with Crippen molar-refractivity contribution in [2.24, 2.45) is 5.73 Å². The molecule has 0 saturated carbocycles. The largest absolute Gasteiger partial charge is 0.395 e. The van der Waals surface area contributed by atoms with Crippen LogP contribution in [0.15, 0.2) is 18.2 Å². The number of nitrogens with two attached hydrogens (primary N) is 1. The monoisotopic (exact) mass is 274 g/mol. The maximum absolute atomic E-state index is 12.6. The molecule has 0 amide bonds. The molecule has 0 bridgehead atoms. The fourth-order valence-electron chi connectivity index (χ4n) is 1.86. The van der Waals surface area contributed by atoms with Gasteiger partial charge in [0.1, 0.15) is 4.99 Å². The second kappa shape index (κ2) is 6.61. The number of rotatable bonds is 6. The highest BCUT2D eigenvalue weighted by Crippen LogP contribution is 2.25. The minimum atomic E-state index is -2.49. The lowest BCUT2D eigenvalue weighted by Crippen LogP contribution is -2.34. The van der Waals surface area contributed by atoms with E-state index in [2.05, 4.69) is 0 Å². The summed E-state index contributed by atoms with van der Waals surface area (Å²) in [5, 5.41) is 8.98. The van der Waals surface area contributed by atoms with Crippen molar-refractivity contribution >= 4 is 22.9 Å². The Hall–Kier alpha value is -1.27. The van der Waals surface area contributed by atoms with E-state index < -0.39 is 13.0 Å². The van der Waals surface area contributed by atoms with Crippen molar-refractivity contribution < 1.29 is 13.9 Å². The number of aliphatic hydroxyl groups is 1. The Balaban J connectivity index is 3.20. The van der Waals surface area contributed by atoms with Crippen LogP contribution in [0.1, 0.15) is 11.1 Å². The summed E-state index contributed by atoms with van der Waals surface area (Å²) in [5.74, 6) is 0. The highest BCUT2D eigenvalue weighted by molar-refractivity contribution is 7.80. The molecule has 0 aliphatic heterocycles. The standard InChI is InChI=1S/C12H16F2N2OS/c1-8-3-2-4-9(12(15)18)11(8)16(5-6-17)7-10(13)14/h2-4,10,17H,5-7H2,1H3,(H2,15,18). The molecule has 1 aromatic rings. The number of hydrogen-bond acceptors (Lipinski definition) is 3. The van der Waals surface area contributed by atoms with Crippen molar-refractivity contribution in [1.82, 2.24) is 0 Å². The molecule has 100 valence electrons. The number of hydrogen-bond donors (Lipinski definition) is 2. The average Bonchev–Trinajstić information content (AvgIpc) is 2.27. The predicted molar refractivity (Wildman–Crippen MR) is 72.4 cm³/mol. The fourth-order valence-corrected chi connectivity index (χ4v) is 2.02. The number of thiocarbonyl (C=S) groups is 1. The molecule has 0 aliphatic rings. The van der Waals surface area contributed by atoms with E-state index >= 15 is 0 Å². The molecular formula is C12H16F2N2OS. The van der Waals surface area contributed by atoms with E-state index in [4.69, 9.17) is 23.1 Å². The first-order valence-electron chi connectivity index (χ1n) is 5.50. The summed E-state index contributed by atoms with van der Waals surface area (Å²) >= 11 is 4.93. The van der Waals surface area contributed by atoms with Crippen LogP contribution in [0.2, 0.25) is 0 Å². The van der Waals surface area contributed by atoms with E-state index in [0.29, 0.717) is 11.3 Å². The Labute approximate surface area is 110 Å². The predicted octanol–water partition coefficient (Wildman–Crippen LogP) is 1.69. The smallest absolute Gasteiger partial charge is 0.255 e. The van der Waals surface area contributed by atoms with Gasteiger partial charge in [-0.25, -0.2) is 8.78 Å². The van der Waals surface area contributed by atoms with Gasteiger partial charge >= 0.3 is 0 Å². The summed E-state index contributed by atoms with van der Waals surface area (Å²) in [5.41, 5.74) is 7.53. The van der Waals surface area contributed by atoms with Crippen molar-refractivity contribution in [3.63, 3.8) is 0 Å². The first kappa shape index (κ1) is 14.8. The second-order valence-corrected chi connectivity index (χ2v) is 4.34. The lowest BCUT2D eigenvalue weighted by atomic mass is 10.1. The van der Waals surface area contributed by atoms with Crippen LogP contribution in [0, 0.1) is 6.92 Å². The number of alkyl halides is 2. The molecule has 0 atom stereocenters. The maximum atomic E-state index is 12.6. The molecule has 6 heteroatoms. The highest BCUT2D eigenvalue weighted by atomic mass is 32.1. The zero-order valence-corrected chi connectivity index (χ0v) is 10.9. The minimum Gasteiger partial charge on any atom is -0.395 e. The van der Waals surface area contributed by atoms with Crippen LogP contribution in [-0.2, 0) is 0 Å². The maximum Gasteiger partial charge on any atom is 0.255 e. The molecule has 0 radical (unpaired) electrons. The minimum absolute atomic E-state index is 0.116. The number of anilines is 1. The molecule has 0 aromatic heterocycles. The van der Waals surface area contributed by atoms with Gasteiger partial charge in [0.2, 0.25) is 0 Å². The van der Waals surface area contributed by atoms with Crippen LogP contribution in [-0.4, -0.2) is 36.2 Å². The molecule has 0 heterocycles. The Kier molecular flexibility index (Phi) is 5.43. The topological polar surface area (TPSA) is 49.5 Å². The van der Waals surface area contributed by atoms with Crippen LogP contribution in [0.25, 0.3) is 0 Å². The van der Waals surface area contributed by atoms with E-state index in [1.165, 1.54) is 4.90 Å². The van der Waals surface area contributed by atoms with E-state index in [-0.39, 0.29) is 18.1 Å². The molecule has 3 nitrogen and oxygen atoms in total. The molecule has 0 fully saturated rings. The average molecular weight is 274 g/mol. The number of halogens is 2. The highest BCUT2D eigenvalue weighted by Gasteiger charge is 2.18. The molecule has 18 heavy (non-hydrogen) atoms. The summed E-state index contributed by atoms with van der Waals surface area (Å²) in [6.45, 7) is 1.25. The van der Waals surface area contributed by atoms with E-state index in [1.807, 2.05) is 0 Å². The normalized spacial score (nSPS) is 10.7. The number of aliphatic hydroxyl groups excluding tert-OH is 1. The van der Waals surface area contributed by atoms with Crippen molar-refractivity contribution in [3.05, 3.63) is 29.3 Å². The van der Waals surface area contributed by atoms with Gasteiger partial charge in [-0.1, -0.05) is 24.4 Å². The Bertz CT molecular complexity index is 427. The molecule has 0 spiro atoms. The van der Waals surface area contributed by atoms with E-state index in [9.17, 15) is 8.78 Å². The molecule has 0 unspecified atom stereocenters. The van der Waals surface area contributed by atoms with Crippen molar-refractivity contribution in [3.8, 4) is 0 Å². The van der Waals surface area contributed by atoms with Crippen molar-refractivity contribution in [1.29, 1.82) is 0 Å². The van der Waals surface area contributed by atoms with Crippen LogP contribution >= 0.6 is 12.2 Å². The van der Waals surface area contributed by atoms with Gasteiger partial charge in [0.05, 0.1) is 18.8 Å². The lowest BCUT2D eigenvalue weighted by molar-refractivity contribution is 0.153. The summed E-state index contributed by atoms with van der Waals surface area (Å²) in [6.07, 6.45) is -2.49. The summed E-state index contributed by atoms with van der Waals surface area (Å²) in [6, 6.07) is 5.26. The Morgan fingerprint density at radius 3 is 2.67 bits per heavy atom. The van der Waals surface area contributed by atoms with Gasteiger partial charge in [-0.3, -0.25) is 0 Å². The van der Waals surface area contributed by atoms with E-state index in [1.54, 1.807) is 25.1 Å². The Morgan fingerprint density at radius 1 is 1.50 bits per heavy atom. The van der Waals surface area contributed by atoms with Gasteiger partial charge in [-0.05, 0) is 18.6 Å². The molecule has 3 N–H and O–H groups in total. The summed E-state index contributed by atoms with van der Waals surface area (Å²) in [4.78, 5) is 1.57. The molecule has 1 aromatic carbocycles. The van der Waals surface area contributed by atoms with Crippen LogP contribution in [0.5, 0.6) is 0 Å². The van der Waals surface area contributed by atoms with Gasteiger partial charge in [-0.2, -0.15) is 0 Å². The number of nitrogens with zero attached hydrogens (tertiary/aromatic N) is 1. The SMILES string of the molecule is Cc1cccc(C(N)=S)c1N(CCO)CC(F)F. The molecule has 0 saturated heterocycles. The fraction of sp³-hybridized carbons (Fsp3) is 0.417. The zero-order valence-electron chi connectivity index (χ0n) is 10.1. The summed E-state index contributed by atoms with van der Waals surface area (Å²) in [7, 11) is 0. The molecule has 0 aliphatic carbocycles. The zero-order chi connectivity index (χ0) is 13.7. The van der Waals surface area contributed by atoms with E-state index in [0.717, 1.165) is 5.56 Å². The molecule has 1 rings (SSSR count). The molecular weight excluding hydrogens is 258 g/mol. The van der Waals surface area contributed by atoms with Crippen LogP contribution < -0.4 is 10.6 Å². The van der Waals surface area contributed by atoms with Gasteiger partial charge in [-0.15, -0.1) is 0 Å². The van der Waals surface area contributed by atoms with Gasteiger partial charge in [0, 0.05) is 12.1 Å². The quantitative estimate of drug-likeness (QED) is 0.775. The first-order valence-corrected chi connectivity index (χ1v) is 5.91. The third kappa shape index (κ3) is 3.61. The number of aryl methyl sites for hydroxylation is 1. The van der Waals surface area contributed by atoms with Crippen molar-refractivity contribution in [2.45, 2.75) is 13.3 Å². The summed E-state index contributed by atoms with van der Waals surface area (Å²) < 4.78 is 25.1. The first-order chi connectivity index (χ1) is 8.47. The van der Waals surface area contributed by atoms with Gasteiger partial charge < -0.3 is 15.7 Å². The van der Waals surface area contributed by atoms with Crippen LogP contribution in [0.4, 0.5) is 14.5 Å². The van der Waals surface area contributed by atoms with Gasteiger partial charge in [0.15, 0.2) is 0 Å². The van der Waals surface area contributed by atoms with Crippen LogP contribution in [0.3, 0.4) is 0 Å². The third-order valence-corrected chi connectivity index (χ3v) is 2.77. The number of benzene rings is 1. The Morgan fingerprint density at radius 2 is 2.17 bits per heavy atom.